The van der Waals surface area contributed by atoms with Crippen LogP contribution in [0.1, 0.15) is 17.5 Å². The molecule has 3 rings (SSSR count). The van der Waals surface area contributed by atoms with E-state index in [1.807, 2.05) is 0 Å². The molecule has 0 aliphatic carbocycles. The number of hydrogen-bond acceptors (Lipinski definition) is 6. The number of anilines is 4. The van der Waals surface area contributed by atoms with Crippen LogP contribution < -0.4 is 16.0 Å². The minimum atomic E-state index is -4.48. The summed E-state index contributed by atoms with van der Waals surface area (Å²) < 4.78 is 52.1. The number of nitrogens with zero attached hydrogens (tertiary/aromatic N) is 3. The molecule has 1 aliphatic heterocycles. The van der Waals surface area contributed by atoms with Gasteiger partial charge in [0.1, 0.15) is 17.8 Å². The van der Waals surface area contributed by atoms with Gasteiger partial charge in [-0.25, -0.2) is 4.39 Å². The Balaban J connectivity index is 1.98. The number of aromatic nitrogens is 2. The van der Waals surface area contributed by atoms with Crippen LogP contribution in [0.5, 0.6) is 0 Å². The molecule has 1 aromatic carbocycles. The molecule has 2 heterocycles. The molecular weight excluding hydrogens is 352 g/mol. The largest absolute Gasteiger partial charge is 0.416 e. The summed E-state index contributed by atoms with van der Waals surface area (Å²) in [6.07, 6.45) is -4.19. The zero-order chi connectivity index (χ0) is 18.9. The fourth-order valence-electron chi connectivity index (χ4n) is 2.76. The molecule has 0 spiro atoms. The molecule has 0 amide bonds. The number of rotatable bonds is 4. The van der Waals surface area contributed by atoms with E-state index in [4.69, 9.17) is 11.1 Å². The van der Waals surface area contributed by atoms with Crippen LogP contribution >= 0.6 is 0 Å². The second-order valence-electron chi connectivity index (χ2n) is 5.85. The number of hydrogen-bond donors (Lipinski definition) is 3. The fraction of sp³-hybridized carbons (Fsp3) is 0.312. The SMILES string of the molecule is N=Cc1c(Nc2cccc(C(F)(F)F)c2)nc(N)nc1N1CCC(F)C1. The van der Waals surface area contributed by atoms with Gasteiger partial charge in [-0.3, -0.25) is 0 Å². The second kappa shape index (κ2) is 6.77. The normalized spacial score (nSPS) is 17.4. The van der Waals surface area contributed by atoms with Crippen molar-refractivity contribution in [1.29, 1.82) is 5.41 Å². The lowest BCUT2D eigenvalue weighted by Crippen LogP contribution is -2.24. The lowest BCUT2D eigenvalue weighted by molar-refractivity contribution is -0.137. The van der Waals surface area contributed by atoms with Gasteiger partial charge in [0.15, 0.2) is 0 Å². The molecule has 1 unspecified atom stereocenters. The van der Waals surface area contributed by atoms with Gasteiger partial charge in [0.05, 0.1) is 17.7 Å². The molecule has 1 aliphatic rings. The van der Waals surface area contributed by atoms with Gasteiger partial charge in [-0.05, 0) is 24.6 Å². The van der Waals surface area contributed by atoms with Crippen LogP contribution in [0.15, 0.2) is 24.3 Å². The molecular formula is C16H16F4N6. The van der Waals surface area contributed by atoms with E-state index < -0.39 is 17.9 Å². The van der Waals surface area contributed by atoms with Crippen molar-refractivity contribution >= 4 is 29.5 Å². The van der Waals surface area contributed by atoms with Gasteiger partial charge >= 0.3 is 6.18 Å². The Morgan fingerprint density at radius 2 is 2.08 bits per heavy atom. The molecule has 1 fully saturated rings. The van der Waals surface area contributed by atoms with E-state index >= 15 is 0 Å². The smallest absolute Gasteiger partial charge is 0.368 e. The van der Waals surface area contributed by atoms with Crippen LogP contribution in [0, 0.1) is 5.41 Å². The van der Waals surface area contributed by atoms with E-state index in [0.717, 1.165) is 18.3 Å². The third kappa shape index (κ3) is 3.68. The van der Waals surface area contributed by atoms with Gasteiger partial charge in [-0.1, -0.05) is 6.07 Å². The van der Waals surface area contributed by atoms with Crippen LogP contribution in [0.2, 0.25) is 0 Å². The zero-order valence-corrected chi connectivity index (χ0v) is 13.5. The molecule has 4 N–H and O–H groups in total. The van der Waals surface area contributed by atoms with Crippen molar-refractivity contribution in [2.45, 2.75) is 18.8 Å². The number of halogens is 4. The Kier molecular flexibility index (Phi) is 4.66. The van der Waals surface area contributed by atoms with Crippen LogP contribution in [0.3, 0.4) is 0 Å². The number of nitrogens with one attached hydrogen (secondary N) is 2. The maximum atomic E-state index is 13.5. The average Bonchev–Trinajstić information content (AvgIpc) is 3.00. The molecule has 138 valence electrons. The Morgan fingerprint density at radius 3 is 2.69 bits per heavy atom. The summed E-state index contributed by atoms with van der Waals surface area (Å²) in [6, 6.07) is 4.58. The van der Waals surface area contributed by atoms with Crippen molar-refractivity contribution in [2.75, 3.05) is 29.0 Å². The third-order valence-corrected chi connectivity index (χ3v) is 3.97. The highest BCUT2D eigenvalue weighted by molar-refractivity contribution is 5.92. The first-order valence-corrected chi connectivity index (χ1v) is 7.79. The van der Waals surface area contributed by atoms with Gasteiger partial charge in [0.25, 0.3) is 0 Å². The molecule has 0 radical (unpaired) electrons. The predicted molar refractivity (Wildman–Crippen MR) is 90.8 cm³/mol. The lowest BCUT2D eigenvalue weighted by Gasteiger charge is -2.21. The fourth-order valence-corrected chi connectivity index (χ4v) is 2.76. The number of nitrogens with two attached hydrogens (primary N) is 1. The molecule has 6 nitrogen and oxygen atoms in total. The molecule has 1 atom stereocenters. The summed E-state index contributed by atoms with van der Waals surface area (Å²) in [5, 5.41) is 10.4. The van der Waals surface area contributed by atoms with Crippen molar-refractivity contribution in [2.24, 2.45) is 0 Å². The summed E-state index contributed by atoms with van der Waals surface area (Å²) in [7, 11) is 0. The van der Waals surface area contributed by atoms with Gasteiger partial charge in [0.2, 0.25) is 5.95 Å². The van der Waals surface area contributed by atoms with E-state index in [1.165, 1.54) is 12.1 Å². The Bertz CT molecular complexity index is 823. The van der Waals surface area contributed by atoms with Crippen molar-refractivity contribution in [1.82, 2.24) is 9.97 Å². The molecule has 1 saturated heterocycles. The highest BCUT2D eigenvalue weighted by Crippen LogP contribution is 2.33. The summed E-state index contributed by atoms with van der Waals surface area (Å²) in [5.41, 5.74) is 5.25. The first-order valence-electron chi connectivity index (χ1n) is 7.79. The van der Waals surface area contributed by atoms with Crippen LogP contribution in [0.25, 0.3) is 0 Å². The maximum Gasteiger partial charge on any atom is 0.416 e. The van der Waals surface area contributed by atoms with Crippen molar-refractivity contribution in [3.63, 3.8) is 0 Å². The third-order valence-electron chi connectivity index (χ3n) is 3.97. The highest BCUT2D eigenvalue weighted by Gasteiger charge is 2.31. The van der Waals surface area contributed by atoms with Crippen LogP contribution in [-0.2, 0) is 6.18 Å². The van der Waals surface area contributed by atoms with E-state index in [0.29, 0.717) is 13.0 Å². The van der Waals surface area contributed by atoms with Gasteiger partial charge < -0.3 is 21.4 Å². The number of benzene rings is 1. The predicted octanol–water partition coefficient (Wildman–Crippen LogP) is 3.37. The van der Waals surface area contributed by atoms with Crippen LogP contribution in [0.4, 0.5) is 40.8 Å². The first-order chi connectivity index (χ1) is 12.3. The molecule has 0 bridgehead atoms. The molecule has 10 heteroatoms. The molecule has 2 aromatic rings. The monoisotopic (exact) mass is 368 g/mol. The molecule has 0 saturated carbocycles. The van der Waals surface area contributed by atoms with E-state index in [-0.39, 0.29) is 35.4 Å². The molecule has 1 aromatic heterocycles. The average molecular weight is 368 g/mol. The Morgan fingerprint density at radius 1 is 1.31 bits per heavy atom. The minimum absolute atomic E-state index is 0.0872. The second-order valence-corrected chi connectivity index (χ2v) is 5.85. The van der Waals surface area contributed by atoms with Gasteiger partial charge in [-0.2, -0.15) is 23.1 Å². The van der Waals surface area contributed by atoms with Gasteiger partial charge in [-0.15, -0.1) is 0 Å². The Hall–Kier alpha value is -2.91. The highest BCUT2D eigenvalue weighted by atomic mass is 19.4. The number of nitrogen functional groups attached to an aromatic ring is 1. The minimum Gasteiger partial charge on any atom is -0.368 e. The quantitative estimate of drug-likeness (QED) is 0.569. The summed E-state index contributed by atoms with van der Waals surface area (Å²) in [5.74, 6) is 0.244. The van der Waals surface area contributed by atoms with Crippen molar-refractivity contribution in [3.05, 3.63) is 35.4 Å². The summed E-state index contributed by atoms with van der Waals surface area (Å²) in [6.45, 7) is 0.516. The Labute approximate surface area is 146 Å². The molecule has 26 heavy (non-hydrogen) atoms. The standard InChI is InChI=1S/C16H16F4N6/c17-10-4-5-26(8-10)14-12(7-21)13(24-15(22)25-14)23-11-3-1-2-9(6-11)16(18,19)20/h1-3,6-7,10,21H,4-5,8H2,(H3,22,23,24,25). The lowest BCUT2D eigenvalue weighted by atomic mass is 10.2. The van der Waals surface area contributed by atoms with E-state index in [9.17, 15) is 17.6 Å². The van der Waals surface area contributed by atoms with E-state index in [2.05, 4.69) is 15.3 Å². The van der Waals surface area contributed by atoms with E-state index in [1.54, 1.807) is 4.90 Å². The number of alkyl halides is 4. The van der Waals surface area contributed by atoms with Gasteiger partial charge in [0, 0.05) is 18.4 Å². The van der Waals surface area contributed by atoms with Crippen molar-refractivity contribution < 1.29 is 17.6 Å². The zero-order valence-electron chi connectivity index (χ0n) is 13.5. The maximum absolute atomic E-state index is 13.5. The topological polar surface area (TPSA) is 90.9 Å². The van der Waals surface area contributed by atoms with Crippen LogP contribution in [-0.4, -0.2) is 35.4 Å². The first kappa shape index (κ1) is 17.9. The summed E-state index contributed by atoms with van der Waals surface area (Å²) in [4.78, 5) is 9.70. The summed E-state index contributed by atoms with van der Waals surface area (Å²) >= 11 is 0. The van der Waals surface area contributed by atoms with Crippen molar-refractivity contribution in [3.8, 4) is 0 Å².